The predicted octanol–water partition coefficient (Wildman–Crippen LogP) is 6.89. The van der Waals surface area contributed by atoms with Gasteiger partial charge in [0.1, 0.15) is 22.8 Å². The Morgan fingerprint density at radius 2 is 1.10 bits per heavy atom. The number of aromatic amines is 2. The van der Waals surface area contributed by atoms with Crippen molar-refractivity contribution in [3.63, 3.8) is 0 Å². The molecule has 0 unspecified atom stereocenters. The van der Waals surface area contributed by atoms with Gasteiger partial charge in [-0.05, 0) is 112 Å². The second-order valence-electron chi connectivity index (χ2n) is 15.9. The summed E-state index contributed by atoms with van der Waals surface area (Å²) in [5.41, 5.74) is 7.31. The Morgan fingerprint density at radius 1 is 0.655 bits per heavy atom. The second-order valence-corrected chi connectivity index (χ2v) is 16.7. The molecule has 4 aromatic heterocycles. The quantitative estimate of drug-likeness (QED) is 0.106. The van der Waals surface area contributed by atoms with Gasteiger partial charge in [-0.15, -0.1) is 0 Å². The number of nitrogens with one attached hydrogen (secondary N) is 6. The molecule has 4 aliphatic rings. The number of nitrogens with zero attached hydrogens (tertiary/aromatic N) is 2. The van der Waals surface area contributed by atoms with Gasteiger partial charge in [-0.2, -0.15) is 0 Å². The van der Waals surface area contributed by atoms with Crippen LogP contribution >= 0.6 is 23.2 Å². The number of benzene rings is 2. The summed E-state index contributed by atoms with van der Waals surface area (Å²) >= 11 is 12.8. The Balaban J connectivity index is 0.000000150. The second kappa shape index (κ2) is 16.2. The van der Waals surface area contributed by atoms with Crippen molar-refractivity contribution < 1.29 is 19.1 Å². The van der Waals surface area contributed by atoms with Gasteiger partial charge in [0.05, 0.1) is 0 Å². The Labute approximate surface area is 346 Å². The first-order valence-electron chi connectivity index (χ1n) is 20.1. The monoisotopic (exact) mass is 820 g/mol. The predicted molar refractivity (Wildman–Crippen MR) is 227 cm³/mol. The lowest BCUT2D eigenvalue weighted by atomic mass is 9.98. The van der Waals surface area contributed by atoms with Crippen molar-refractivity contribution in [2.24, 2.45) is 0 Å². The third-order valence-corrected chi connectivity index (χ3v) is 12.1. The first-order chi connectivity index (χ1) is 28.2. The molecule has 6 N–H and O–H groups in total. The lowest BCUT2D eigenvalue weighted by Gasteiger charge is -2.29. The first-order valence-corrected chi connectivity index (χ1v) is 20.8. The molecule has 12 nitrogen and oxygen atoms in total. The van der Waals surface area contributed by atoms with Crippen molar-refractivity contribution in [3.8, 4) is 33.8 Å². The van der Waals surface area contributed by atoms with Crippen molar-refractivity contribution in [1.82, 2.24) is 41.2 Å². The van der Waals surface area contributed by atoms with Crippen LogP contribution in [0, 0.1) is 0 Å². The van der Waals surface area contributed by atoms with Gasteiger partial charge in [0.2, 0.25) is 0 Å². The molecule has 6 aromatic rings. The number of halogens is 2. The number of aromatic nitrogens is 4. The lowest BCUT2D eigenvalue weighted by Crippen LogP contribution is -2.49. The number of carbonyl (C=O) groups is 2. The molecule has 0 aliphatic carbocycles. The van der Waals surface area contributed by atoms with Crippen LogP contribution in [0.2, 0.25) is 10.0 Å². The normalized spacial score (nSPS) is 23.6. The minimum absolute atomic E-state index is 0.0520. The van der Waals surface area contributed by atoms with Crippen molar-refractivity contribution in [1.29, 1.82) is 0 Å². The summed E-state index contributed by atoms with van der Waals surface area (Å²) in [5.74, 6) is 1.37. The molecule has 2 aromatic carbocycles. The Hall–Kier alpha value is -5.14. The molecule has 2 amide bonds. The number of H-pyrrole nitrogens is 2. The Morgan fingerprint density at radius 3 is 1.53 bits per heavy atom. The minimum atomic E-state index is -0.532. The molecule has 0 radical (unpaired) electrons. The maximum Gasteiger partial charge on any atom is 0.261 e. The van der Waals surface area contributed by atoms with Crippen LogP contribution < -0.4 is 30.7 Å². The summed E-state index contributed by atoms with van der Waals surface area (Å²) in [4.78, 5) is 40.8. The maximum absolute atomic E-state index is 12.9. The summed E-state index contributed by atoms with van der Waals surface area (Å²) in [6, 6.07) is 16.7. The van der Waals surface area contributed by atoms with Gasteiger partial charge in [0.25, 0.3) is 11.8 Å². The molecule has 4 aliphatic heterocycles. The van der Waals surface area contributed by atoms with Gasteiger partial charge in [-0.1, -0.05) is 23.2 Å². The number of ether oxygens (including phenoxy) is 2. The molecule has 0 spiro atoms. The molecule has 0 saturated carbocycles. The van der Waals surface area contributed by atoms with Crippen LogP contribution in [0.15, 0.2) is 73.3 Å². The van der Waals surface area contributed by atoms with E-state index in [2.05, 4.69) is 55.1 Å². The third-order valence-electron chi connectivity index (χ3n) is 11.6. The number of carbonyl (C=O) groups excluding carboxylic acids is 2. The molecule has 58 heavy (non-hydrogen) atoms. The molecule has 2 fully saturated rings. The van der Waals surface area contributed by atoms with Crippen LogP contribution in [0.5, 0.6) is 11.5 Å². The van der Waals surface area contributed by atoms with E-state index in [1.807, 2.05) is 60.9 Å². The molecule has 8 heterocycles. The van der Waals surface area contributed by atoms with Crippen LogP contribution in [-0.4, -0.2) is 81.2 Å². The number of fused-ring (bicyclic) bond motifs is 4. The molecule has 300 valence electrons. The van der Waals surface area contributed by atoms with Gasteiger partial charge >= 0.3 is 0 Å². The highest BCUT2D eigenvalue weighted by Gasteiger charge is 2.35. The highest BCUT2D eigenvalue weighted by atomic mass is 35.5. The Kier molecular flexibility index (Phi) is 10.8. The zero-order valence-electron chi connectivity index (χ0n) is 32.3. The van der Waals surface area contributed by atoms with Crippen LogP contribution in [0.25, 0.3) is 44.3 Å². The fraction of sp³-hybridized carbons (Fsp3) is 0.364. The maximum atomic E-state index is 12.9. The van der Waals surface area contributed by atoms with E-state index < -0.39 is 12.2 Å². The summed E-state index contributed by atoms with van der Waals surface area (Å²) in [6.07, 6.45) is 11.0. The highest BCUT2D eigenvalue weighted by molar-refractivity contribution is 6.31. The average Bonchev–Trinajstić information content (AvgIpc) is 4.03. The summed E-state index contributed by atoms with van der Waals surface area (Å²) < 4.78 is 12.4. The number of rotatable bonds is 6. The van der Waals surface area contributed by atoms with Gasteiger partial charge in [-0.25, -0.2) is 9.97 Å². The smallest absolute Gasteiger partial charge is 0.261 e. The summed E-state index contributed by atoms with van der Waals surface area (Å²) in [5, 5.41) is 16.4. The number of hydrogen-bond donors (Lipinski definition) is 6. The van der Waals surface area contributed by atoms with Crippen molar-refractivity contribution in [2.75, 3.05) is 13.1 Å². The fourth-order valence-corrected chi connectivity index (χ4v) is 9.33. The minimum Gasteiger partial charge on any atom is -0.479 e. The fourth-order valence-electron chi connectivity index (χ4n) is 8.85. The molecule has 14 heteroatoms. The molecular weight excluding hydrogens is 775 g/mol. The number of pyridine rings is 2. The van der Waals surface area contributed by atoms with Crippen LogP contribution in [0.3, 0.4) is 0 Å². The number of hydrogen-bond acceptors (Lipinski definition) is 8. The standard InChI is InChI=1S/2C22H23ClN4O2/c2*1-12-8-15(2-5-24-12)27-22(28)19-10-13-9-14(23)11-18(20(13)29-19)16-3-6-25-21-17(16)4-7-26-21/h2*3-4,6-7,9,11-12,15,19,24H,2,5,8,10H2,1H3,(H,25,26)(H,27,28)/t12-,15+,19+;12-,15+,19-/m00/s1. The van der Waals surface area contributed by atoms with E-state index in [0.29, 0.717) is 35.0 Å². The number of piperidine rings is 2. The van der Waals surface area contributed by atoms with Gasteiger partial charge in [-0.3, -0.25) is 9.59 Å². The number of amides is 2. The van der Waals surface area contributed by atoms with E-state index >= 15 is 0 Å². The van der Waals surface area contributed by atoms with E-state index in [0.717, 1.165) is 106 Å². The van der Waals surface area contributed by atoms with Crippen LogP contribution in [0.1, 0.15) is 50.7 Å². The van der Waals surface area contributed by atoms with Crippen molar-refractivity contribution in [3.05, 3.63) is 94.5 Å². The largest absolute Gasteiger partial charge is 0.479 e. The van der Waals surface area contributed by atoms with E-state index in [9.17, 15) is 9.59 Å². The summed E-state index contributed by atoms with van der Waals surface area (Å²) in [7, 11) is 0. The third kappa shape index (κ3) is 7.86. The Bertz CT molecular complexity index is 2330. The topological polar surface area (TPSA) is 158 Å². The van der Waals surface area contributed by atoms with Crippen LogP contribution in [0.4, 0.5) is 0 Å². The van der Waals surface area contributed by atoms with E-state index in [1.54, 1.807) is 12.4 Å². The average molecular weight is 822 g/mol. The molecule has 0 bridgehead atoms. The van der Waals surface area contributed by atoms with E-state index in [-0.39, 0.29) is 23.9 Å². The molecule has 10 rings (SSSR count). The van der Waals surface area contributed by atoms with Gasteiger partial charge in [0, 0.05) is 105 Å². The molecular formula is C44H46Cl2N8O4. The van der Waals surface area contributed by atoms with Crippen molar-refractivity contribution >= 4 is 57.1 Å². The van der Waals surface area contributed by atoms with Crippen molar-refractivity contribution in [2.45, 2.75) is 88.7 Å². The van der Waals surface area contributed by atoms with Crippen LogP contribution in [-0.2, 0) is 22.4 Å². The van der Waals surface area contributed by atoms with Gasteiger partial charge < -0.3 is 40.7 Å². The van der Waals surface area contributed by atoms with Gasteiger partial charge in [0.15, 0.2) is 12.2 Å². The van der Waals surface area contributed by atoms with E-state index in [1.165, 1.54) is 0 Å². The molecule has 2 saturated heterocycles. The lowest BCUT2D eigenvalue weighted by molar-refractivity contribution is -0.128. The zero-order chi connectivity index (χ0) is 39.9. The highest BCUT2D eigenvalue weighted by Crippen LogP contribution is 2.44. The SMILES string of the molecule is C[C@H]1C[C@H](NC(=O)[C@@H]2Cc3cc(Cl)cc(-c4ccnc5[nH]ccc45)c3O2)CCN1.C[C@H]1C[C@H](NC(=O)[C@H]2Cc3cc(Cl)cc(-c4ccnc5[nH]ccc45)c3O2)CCN1. The molecule has 6 atom stereocenters. The zero-order valence-corrected chi connectivity index (χ0v) is 33.8. The first kappa shape index (κ1) is 38.4. The summed E-state index contributed by atoms with van der Waals surface area (Å²) in [6.45, 7) is 6.13. The van der Waals surface area contributed by atoms with E-state index in [4.69, 9.17) is 32.7 Å².